The maximum atomic E-state index is 10.8. The quantitative estimate of drug-likeness (QED) is 0.943. The van der Waals surface area contributed by atoms with Crippen molar-refractivity contribution in [2.45, 2.75) is 6.54 Å². The average Bonchev–Trinajstić information content (AvgIpc) is 2.72. The van der Waals surface area contributed by atoms with Crippen LogP contribution in [0.4, 0.5) is 0 Å². The zero-order valence-electron chi connectivity index (χ0n) is 9.17. The highest BCUT2D eigenvalue weighted by molar-refractivity contribution is 9.10. The second-order valence-electron chi connectivity index (χ2n) is 3.61. The molecule has 0 aliphatic rings. The van der Waals surface area contributed by atoms with E-state index in [1.165, 1.54) is 12.3 Å². The lowest BCUT2D eigenvalue weighted by Gasteiger charge is -2.05. The first-order valence-corrected chi connectivity index (χ1v) is 5.84. The van der Waals surface area contributed by atoms with Gasteiger partial charge in [0.05, 0.1) is 16.7 Å². The van der Waals surface area contributed by atoms with Crippen LogP contribution in [0.1, 0.15) is 21.6 Å². The van der Waals surface area contributed by atoms with Gasteiger partial charge in [0, 0.05) is 18.0 Å². The number of carboxylic acids is 1. The molecule has 0 amide bonds. The second-order valence-corrected chi connectivity index (χ2v) is 4.42. The number of rotatable bonds is 3. The van der Waals surface area contributed by atoms with Crippen LogP contribution >= 0.6 is 15.9 Å². The van der Waals surface area contributed by atoms with E-state index in [4.69, 9.17) is 10.4 Å². The fourth-order valence-electron chi connectivity index (χ4n) is 1.57. The number of carboxylic acid groups (broad SMARTS) is 1. The van der Waals surface area contributed by atoms with E-state index in [-0.39, 0.29) is 5.56 Å². The minimum Gasteiger partial charge on any atom is -0.478 e. The number of hydrogen-bond acceptors (Lipinski definition) is 3. The molecule has 2 aromatic rings. The zero-order chi connectivity index (χ0) is 13.1. The number of pyridine rings is 1. The van der Waals surface area contributed by atoms with Crippen molar-refractivity contribution in [1.29, 1.82) is 5.26 Å². The van der Waals surface area contributed by atoms with Crippen molar-refractivity contribution in [3.63, 3.8) is 0 Å². The Morgan fingerprint density at radius 2 is 2.39 bits per heavy atom. The Morgan fingerprint density at radius 3 is 3.00 bits per heavy atom. The molecule has 2 rings (SSSR count). The number of halogens is 1. The molecule has 0 saturated heterocycles. The number of nitriles is 1. The van der Waals surface area contributed by atoms with E-state index in [1.54, 1.807) is 22.9 Å². The molecule has 0 aliphatic carbocycles. The Balaban J connectivity index is 2.35. The van der Waals surface area contributed by atoms with Gasteiger partial charge < -0.3 is 9.67 Å². The molecule has 2 heterocycles. The maximum Gasteiger partial charge on any atom is 0.337 e. The van der Waals surface area contributed by atoms with Gasteiger partial charge in [0.15, 0.2) is 0 Å². The second kappa shape index (κ2) is 5.02. The lowest BCUT2D eigenvalue weighted by Crippen LogP contribution is -2.02. The van der Waals surface area contributed by atoms with Crippen LogP contribution in [0.3, 0.4) is 0 Å². The van der Waals surface area contributed by atoms with Crippen LogP contribution in [-0.4, -0.2) is 20.6 Å². The largest absolute Gasteiger partial charge is 0.478 e. The summed E-state index contributed by atoms with van der Waals surface area (Å²) in [5.41, 5.74) is 1.28. The molecule has 90 valence electrons. The highest BCUT2D eigenvalue weighted by Gasteiger charge is 2.11. The van der Waals surface area contributed by atoms with Gasteiger partial charge in [0.2, 0.25) is 0 Å². The molecule has 0 radical (unpaired) electrons. The number of hydrogen-bond donors (Lipinski definition) is 1. The monoisotopic (exact) mass is 305 g/mol. The van der Waals surface area contributed by atoms with Crippen LogP contribution in [0.5, 0.6) is 0 Å². The third-order valence-electron chi connectivity index (χ3n) is 2.43. The van der Waals surface area contributed by atoms with E-state index in [1.807, 2.05) is 6.07 Å². The molecule has 0 fully saturated rings. The Kier molecular flexibility index (Phi) is 3.44. The molecule has 6 heteroatoms. The molecular weight excluding hydrogens is 298 g/mol. The van der Waals surface area contributed by atoms with Crippen LogP contribution < -0.4 is 0 Å². The van der Waals surface area contributed by atoms with Crippen molar-refractivity contribution >= 4 is 21.9 Å². The fraction of sp³-hybridized carbons (Fsp3) is 0.0833. The summed E-state index contributed by atoms with van der Waals surface area (Å²) in [6, 6.07) is 7.06. The Bertz CT molecular complexity index is 643. The molecule has 0 aliphatic heterocycles. The first kappa shape index (κ1) is 12.3. The van der Waals surface area contributed by atoms with Gasteiger partial charge in [-0.05, 0) is 28.1 Å². The van der Waals surface area contributed by atoms with E-state index in [0.29, 0.717) is 16.8 Å². The van der Waals surface area contributed by atoms with Gasteiger partial charge in [-0.25, -0.2) is 9.78 Å². The Hall–Kier alpha value is -2.13. The summed E-state index contributed by atoms with van der Waals surface area (Å²) < 4.78 is 2.36. The highest BCUT2D eigenvalue weighted by atomic mass is 79.9. The van der Waals surface area contributed by atoms with Gasteiger partial charge in [0.1, 0.15) is 11.8 Å². The van der Waals surface area contributed by atoms with Crippen molar-refractivity contribution in [2.75, 3.05) is 0 Å². The standard InChI is InChI=1S/C12H8BrN3O2/c13-11-4-9(12(17)18)7-16(11)6-8-2-1-3-15-10(8)5-14/h1-4,7H,6H2,(H,17,18). The van der Waals surface area contributed by atoms with Crippen molar-refractivity contribution < 1.29 is 9.90 Å². The maximum absolute atomic E-state index is 10.8. The molecule has 5 nitrogen and oxygen atoms in total. The molecule has 0 bridgehead atoms. The Labute approximate surface area is 111 Å². The van der Waals surface area contributed by atoms with E-state index in [2.05, 4.69) is 20.9 Å². The number of carbonyl (C=O) groups is 1. The number of aromatic carboxylic acids is 1. The zero-order valence-corrected chi connectivity index (χ0v) is 10.8. The summed E-state index contributed by atoms with van der Waals surface area (Å²) in [7, 11) is 0. The molecule has 0 saturated carbocycles. The van der Waals surface area contributed by atoms with Crippen LogP contribution in [0, 0.1) is 11.3 Å². The molecule has 0 atom stereocenters. The summed E-state index contributed by atoms with van der Waals surface area (Å²) in [6.45, 7) is 0.393. The SMILES string of the molecule is N#Cc1ncccc1Cn1cc(C(=O)O)cc1Br. The summed E-state index contributed by atoms with van der Waals surface area (Å²) >= 11 is 3.29. The molecule has 0 aromatic carbocycles. The summed E-state index contributed by atoms with van der Waals surface area (Å²) in [5, 5.41) is 17.8. The minimum atomic E-state index is -0.985. The van der Waals surface area contributed by atoms with Crippen molar-refractivity contribution in [3.05, 3.63) is 52.0 Å². The van der Waals surface area contributed by atoms with Crippen molar-refractivity contribution in [2.24, 2.45) is 0 Å². The van der Waals surface area contributed by atoms with E-state index >= 15 is 0 Å². The van der Waals surface area contributed by atoms with E-state index in [0.717, 1.165) is 5.56 Å². The predicted octanol–water partition coefficient (Wildman–Crippen LogP) is 2.26. The van der Waals surface area contributed by atoms with Crippen LogP contribution in [0.25, 0.3) is 0 Å². The third kappa shape index (κ3) is 2.41. The molecule has 2 aromatic heterocycles. The van der Waals surface area contributed by atoms with Gasteiger partial charge >= 0.3 is 5.97 Å². The molecule has 18 heavy (non-hydrogen) atoms. The lowest BCUT2D eigenvalue weighted by molar-refractivity contribution is 0.0697. The smallest absolute Gasteiger partial charge is 0.337 e. The lowest BCUT2D eigenvalue weighted by atomic mass is 10.2. The number of aromatic nitrogens is 2. The van der Waals surface area contributed by atoms with Crippen LogP contribution in [0.15, 0.2) is 35.2 Å². The third-order valence-corrected chi connectivity index (χ3v) is 3.11. The number of nitrogens with zero attached hydrogens (tertiary/aromatic N) is 3. The molecule has 0 unspecified atom stereocenters. The molecule has 0 spiro atoms. The van der Waals surface area contributed by atoms with Gasteiger partial charge in [-0.2, -0.15) is 5.26 Å². The summed E-state index contributed by atoms with van der Waals surface area (Å²) in [6.07, 6.45) is 3.07. The average molecular weight is 306 g/mol. The van der Waals surface area contributed by atoms with Gasteiger partial charge in [-0.15, -0.1) is 0 Å². The first-order valence-electron chi connectivity index (χ1n) is 5.05. The topological polar surface area (TPSA) is 78.9 Å². The highest BCUT2D eigenvalue weighted by Crippen LogP contribution is 2.18. The summed E-state index contributed by atoms with van der Waals surface area (Å²) in [4.78, 5) is 14.8. The molecular formula is C12H8BrN3O2. The van der Waals surface area contributed by atoms with Crippen molar-refractivity contribution in [3.8, 4) is 6.07 Å². The Morgan fingerprint density at radius 1 is 1.61 bits per heavy atom. The molecule has 1 N–H and O–H groups in total. The summed E-state index contributed by atoms with van der Waals surface area (Å²) in [5.74, 6) is -0.985. The van der Waals surface area contributed by atoms with Crippen LogP contribution in [-0.2, 0) is 6.54 Å². The van der Waals surface area contributed by atoms with Gasteiger partial charge in [-0.3, -0.25) is 0 Å². The van der Waals surface area contributed by atoms with Gasteiger partial charge in [-0.1, -0.05) is 6.07 Å². The van der Waals surface area contributed by atoms with E-state index in [9.17, 15) is 4.79 Å². The predicted molar refractivity (Wildman–Crippen MR) is 67.1 cm³/mol. The van der Waals surface area contributed by atoms with Crippen LogP contribution in [0.2, 0.25) is 0 Å². The first-order chi connectivity index (χ1) is 8.61. The fourth-order valence-corrected chi connectivity index (χ4v) is 2.04. The normalized spacial score (nSPS) is 10.0. The van der Waals surface area contributed by atoms with Gasteiger partial charge in [0.25, 0.3) is 0 Å². The van der Waals surface area contributed by atoms with E-state index < -0.39 is 5.97 Å². The minimum absolute atomic E-state index is 0.198. The van der Waals surface area contributed by atoms with Crippen molar-refractivity contribution in [1.82, 2.24) is 9.55 Å².